The van der Waals surface area contributed by atoms with Crippen LogP contribution in [0.4, 0.5) is 4.79 Å². The van der Waals surface area contributed by atoms with Gasteiger partial charge in [-0.15, -0.1) is 0 Å². The number of amides is 2. The maximum Gasteiger partial charge on any atom is 0.410 e. The molecule has 0 N–H and O–H groups in total. The maximum atomic E-state index is 13.0. The number of likely N-dealkylation sites (N-methyl/N-ethyl adjacent to an activating group) is 1. The summed E-state index contributed by atoms with van der Waals surface area (Å²) < 4.78 is 11.4. The number of para-hydroxylation sites is 1. The summed E-state index contributed by atoms with van der Waals surface area (Å²) in [6, 6.07) is 7.94. The van der Waals surface area contributed by atoms with Crippen LogP contribution in [-0.2, 0) is 9.53 Å². The van der Waals surface area contributed by atoms with Crippen molar-refractivity contribution < 1.29 is 19.1 Å². The third-order valence-electron chi connectivity index (χ3n) is 5.37. The van der Waals surface area contributed by atoms with Crippen molar-refractivity contribution in [3.05, 3.63) is 29.8 Å². The van der Waals surface area contributed by atoms with Gasteiger partial charge in [-0.05, 0) is 39.7 Å². The second kappa shape index (κ2) is 7.41. The number of rotatable bonds is 2. The van der Waals surface area contributed by atoms with Gasteiger partial charge in [0.25, 0.3) is 5.91 Å². The van der Waals surface area contributed by atoms with Crippen LogP contribution in [0.25, 0.3) is 0 Å². The first kappa shape index (κ1) is 19.5. The first-order valence-electron chi connectivity index (χ1n) is 9.67. The summed E-state index contributed by atoms with van der Waals surface area (Å²) in [5, 5.41) is 0. The summed E-state index contributed by atoms with van der Waals surface area (Å²) in [7, 11) is 1.84. The van der Waals surface area contributed by atoms with Crippen LogP contribution < -0.4 is 4.74 Å². The highest BCUT2D eigenvalue weighted by atomic mass is 16.6. The fourth-order valence-corrected chi connectivity index (χ4v) is 3.77. The number of nitrogens with zero attached hydrogens (tertiary/aromatic N) is 2. The Morgan fingerprint density at radius 2 is 1.81 bits per heavy atom. The Labute approximate surface area is 161 Å². The fourth-order valence-electron chi connectivity index (χ4n) is 3.77. The number of carbonyl (C=O) groups is 2. The highest BCUT2D eigenvalue weighted by Gasteiger charge is 2.40. The molecule has 1 saturated heterocycles. The lowest BCUT2D eigenvalue weighted by atomic mass is 9.95. The molecular weight excluding hydrogens is 344 g/mol. The van der Waals surface area contributed by atoms with Gasteiger partial charge in [0.15, 0.2) is 6.10 Å². The summed E-state index contributed by atoms with van der Waals surface area (Å²) in [5.41, 5.74) is 0.593. The van der Waals surface area contributed by atoms with E-state index in [0.717, 1.165) is 24.2 Å². The first-order valence-corrected chi connectivity index (χ1v) is 9.67. The number of ether oxygens (including phenoxy) is 2. The van der Waals surface area contributed by atoms with E-state index in [1.807, 2.05) is 59.0 Å². The van der Waals surface area contributed by atoms with Gasteiger partial charge in [-0.1, -0.05) is 25.1 Å². The van der Waals surface area contributed by atoms with E-state index >= 15 is 0 Å². The molecule has 0 aliphatic carbocycles. The van der Waals surface area contributed by atoms with Crippen molar-refractivity contribution in [3.63, 3.8) is 0 Å². The van der Waals surface area contributed by atoms with Crippen LogP contribution in [0.15, 0.2) is 24.3 Å². The standard InChI is InChI=1S/C21H30N2O4/c1-14-16-8-6-7-9-17(16)26-18(14)19(24)22(5)15-10-12-23(13-11-15)20(25)27-21(2,3)4/h6-9,14-15,18H,10-13H2,1-5H3/t14-,18-/m1/s1. The van der Waals surface area contributed by atoms with E-state index in [1.165, 1.54) is 0 Å². The summed E-state index contributed by atoms with van der Waals surface area (Å²) >= 11 is 0. The zero-order valence-electron chi connectivity index (χ0n) is 16.9. The van der Waals surface area contributed by atoms with Gasteiger partial charge in [0, 0.05) is 37.7 Å². The van der Waals surface area contributed by atoms with E-state index in [9.17, 15) is 9.59 Å². The van der Waals surface area contributed by atoms with E-state index in [-0.39, 0.29) is 24.0 Å². The van der Waals surface area contributed by atoms with E-state index in [2.05, 4.69) is 0 Å². The molecule has 0 saturated carbocycles. The molecule has 3 rings (SSSR count). The maximum absolute atomic E-state index is 13.0. The molecule has 6 heteroatoms. The van der Waals surface area contributed by atoms with E-state index in [0.29, 0.717) is 13.1 Å². The quantitative estimate of drug-likeness (QED) is 0.796. The largest absolute Gasteiger partial charge is 0.480 e. The van der Waals surface area contributed by atoms with Crippen LogP contribution >= 0.6 is 0 Å². The normalized spacial score (nSPS) is 22.8. The molecule has 2 aliphatic rings. The third kappa shape index (κ3) is 4.20. The molecule has 0 radical (unpaired) electrons. The van der Waals surface area contributed by atoms with Crippen molar-refractivity contribution in [1.82, 2.24) is 9.80 Å². The predicted octanol–water partition coefficient (Wildman–Crippen LogP) is 3.41. The molecule has 0 bridgehead atoms. The zero-order valence-corrected chi connectivity index (χ0v) is 16.9. The van der Waals surface area contributed by atoms with Gasteiger partial charge in [-0.3, -0.25) is 4.79 Å². The number of hydrogen-bond acceptors (Lipinski definition) is 4. The SMILES string of the molecule is C[C@@H]1c2ccccc2O[C@H]1C(=O)N(C)C1CCN(C(=O)OC(C)(C)C)CC1. The van der Waals surface area contributed by atoms with Crippen LogP contribution in [0, 0.1) is 0 Å². The van der Waals surface area contributed by atoms with Gasteiger partial charge in [-0.25, -0.2) is 4.79 Å². The van der Waals surface area contributed by atoms with Crippen molar-refractivity contribution in [2.24, 2.45) is 0 Å². The Bertz CT molecular complexity index is 704. The molecule has 2 heterocycles. The van der Waals surface area contributed by atoms with Crippen molar-refractivity contribution in [3.8, 4) is 5.75 Å². The summed E-state index contributed by atoms with van der Waals surface area (Å²) in [5.74, 6) is 0.851. The third-order valence-corrected chi connectivity index (χ3v) is 5.37. The molecule has 1 fully saturated rings. The number of piperidine rings is 1. The summed E-state index contributed by atoms with van der Waals surface area (Å²) in [4.78, 5) is 28.8. The number of carbonyl (C=O) groups excluding carboxylic acids is 2. The molecule has 0 aromatic heterocycles. The topological polar surface area (TPSA) is 59.1 Å². The van der Waals surface area contributed by atoms with Crippen LogP contribution in [0.1, 0.15) is 52.0 Å². The average Bonchev–Trinajstić information content (AvgIpc) is 2.96. The lowest BCUT2D eigenvalue weighted by Crippen LogP contribution is -2.51. The minimum atomic E-state index is -0.494. The van der Waals surface area contributed by atoms with Gasteiger partial charge in [0.2, 0.25) is 0 Å². The highest BCUT2D eigenvalue weighted by Crippen LogP contribution is 2.38. The molecular formula is C21H30N2O4. The number of benzene rings is 1. The van der Waals surface area contributed by atoms with Crippen LogP contribution in [0.3, 0.4) is 0 Å². The molecule has 0 unspecified atom stereocenters. The average molecular weight is 374 g/mol. The van der Waals surface area contributed by atoms with Crippen molar-refractivity contribution in [2.75, 3.05) is 20.1 Å². The van der Waals surface area contributed by atoms with Crippen molar-refractivity contribution in [2.45, 2.75) is 64.2 Å². The molecule has 1 aromatic carbocycles. The highest BCUT2D eigenvalue weighted by molar-refractivity contribution is 5.83. The Morgan fingerprint density at radius 1 is 1.19 bits per heavy atom. The van der Waals surface area contributed by atoms with E-state index in [4.69, 9.17) is 9.47 Å². The summed E-state index contributed by atoms with van der Waals surface area (Å²) in [6.45, 7) is 8.82. The number of likely N-dealkylation sites (tertiary alicyclic amines) is 1. The Hall–Kier alpha value is -2.24. The lowest BCUT2D eigenvalue weighted by molar-refractivity contribution is -0.140. The molecule has 6 nitrogen and oxygen atoms in total. The predicted molar refractivity (Wildman–Crippen MR) is 103 cm³/mol. The number of fused-ring (bicyclic) bond motifs is 1. The monoisotopic (exact) mass is 374 g/mol. The van der Waals surface area contributed by atoms with Crippen molar-refractivity contribution in [1.29, 1.82) is 0 Å². The molecule has 0 spiro atoms. The molecule has 2 amide bonds. The smallest absolute Gasteiger partial charge is 0.410 e. The second-order valence-corrected chi connectivity index (χ2v) is 8.51. The second-order valence-electron chi connectivity index (χ2n) is 8.51. The summed E-state index contributed by atoms with van der Waals surface area (Å²) in [6.07, 6.45) is 0.736. The van der Waals surface area contributed by atoms with Gasteiger partial charge in [-0.2, -0.15) is 0 Å². The van der Waals surface area contributed by atoms with Gasteiger partial charge >= 0.3 is 6.09 Å². The van der Waals surface area contributed by atoms with Gasteiger partial charge < -0.3 is 19.3 Å². The van der Waals surface area contributed by atoms with Gasteiger partial charge in [0.05, 0.1) is 0 Å². The van der Waals surface area contributed by atoms with Crippen LogP contribution in [-0.4, -0.2) is 59.7 Å². The minimum Gasteiger partial charge on any atom is -0.480 e. The Kier molecular flexibility index (Phi) is 5.36. The van der Waals surface area contributed by atoms with Crippen LogP contribution in [0.5, 0.6) is 5.75 Å². The van der Waals surface area contributed by atoms with Crippen LogP contribution in [0.2, 0.25) is 0 Å². The lowest BCUT2D eigenvalue weighted by Gasteiger charge is -2.38. The molecule has 1 aromatic rings. The van der Waals surface area contributed by atoms with Crippen molar-refractivity contribution >= 4 is 12.0 Å². The minimum absolute atomic E-state index is 0.00872. The molecule has 2 atom stereocenters. The van der Waals surface area contributed by atoms with Gasteiger partial charge in [0.1, 0.15) is 11.4 Å². The zero-order chi connectivity index (χ0) is 19.8. The Balaban J connectivity index is 1.56. The number of hydrogen-bond donors (Lipinski definition) is 0. The van der Waals surface area contributed by atoms with E-state index < -0.39 is 11.7 Å². The molecule has 148 valence electrons. The molecule has 27 heavy (non-hydrogen) atoms. The fraction of sp³-hybridized carbons (Fsp3) is 0.619. The first-order chi connectivity index (χ1) is 12.7. The Morgan fingerprint density at radius 3 is 2.41 bits per heavy atom. The van der Waals surface area contributed by atoms with E-state index in [1.54, 1.807) is 9.80 Å². The molecule has 2 aliphatic heterocycles.